The molecule has 0 aliphatic heterocycles. The molecule has 0 amide bonds. The summed E-state index contributed by atoms with van der Waals surface area (Å²) in [5.74, 6) is 0.212. The molecule has 2 rings (SSSR count). The number of aromatic nitrogens is 1. The number of carbonyl (C=O) groups excluding carboxylic acids is 2. The summed E-state index contributed by atoms with van der Waals surface area (Å²) in [6, 6.07) is 5.38. The van der Waals surface area contributed by atoms with E-state index in [1.165, 1.54) is 6.92 Å². The number of benzene rings is 1. The molecule has 0 N–H and O–H groups in total. The second-order valence-corrected chi connectivity index (χ2v) is 4.92. The standard InChI is InChI=1S/C16H19NO3/c1-4-5-8-17-10-15(11(2)18)14-7-6-13(9-16(14)17)20-12(3)19/h6-7,9-10H,4-5,8H2,1-3H3. The van der Waals surface area contributed by atoms with Gasteiger partial charge in [0.1, 0.15) is 5.75 Å². The highest BCUT2D eigenvalue weighted by molar-refractivity contribution is 6.07. The van der Waals surface area contributed by atoms with Crippen LogP contribution < -0.4 is 4.74 Å². The molecular formula is C16H19NO3. The topological polar surface area (TPSA) is 48.3 Å². The molecule has 106 valence electrons. The monoisotopic (exact) mass is 273 g/mol. The first kappa shape index (κ1) is 14.3. The molecule has 0 unspecified atom stereocenters. The van der Waals surface area contributed by atoms with E-state index in [2.05, 4.69) is 11.5 Å². The summed E-state index contributed by atoms with van der Waals surface area (Å²) in [5.41, 5.74) is 1.65. The SMILES string of the molecule is CCCCn1cc(C(C)=O)c2ccc(OC(C)=O)cc21. The first-order valence-electron chi connectivity index (χ1n) is 6.85. The third kappa shape index (κ3) is 2.90. The van der Waals surface area contributed by atoms with Crippen LogP contribution in [-0.4, -0.2) is 16.3 Å². The third-order valence-electron chi connectivity index (χ3n) is 3.25. The summed E-state index contributed by atoms with van der Waals surface area (Å²) in [5, 5.41) is 0.907. The van der Waals surface area contributed by atoms with Gasteiger partial charge >= 0.3 is 5.97 Å². The van der Waals surface area contributed by atoms with Crippen molar-refractivity contribution in [2.75, 3.05) is 0 Å². The molecular weight excluding hydrogens is 254 g/mol. The number of ether oxygens (including phenoxy) is 1. The zero-order chi connectivity index (χ0) is 14.7. The van der Waals surface area contributed by atoms with Crippen LogP contribution in [-0.2, 0) is 11.3 Å². The van der Waals surface area contributed by atoms with Crippen LogP contribution in [0.3, 0.4) is 0 Å². The normalized spacial score (nSPS) is 10.8. The van der Waals surface area contributed by atoms with Crippen molar-refractivity contribution < 1.29 is 14.3 Å². The number of aryl methyl sites for hydroxylation is 1. The van der Waals surface area contributed by atoms with E-state index < -0.39 is 0 Å². The van der Waals surface area contributed by atoms with Crippen LogP contribution in [0.4, 0.5) is 0 Å². The predicted molar refractivity (Wildman–Crippen MR) is 78.2 cm³/mol. The molecule has 4 nitrogen and oxygen atoms in total. The molecule has 4 heteroatoms. The zero-order valence-electron chi connectivity index (χ0n) is 12.1. The maximum Gasteiger partial charge on any atom is 0.308 e. The fourth-order valence-corrected chi connectivity index (χ4v) is 2.30. The van der Waals surface area contributed by atoms with E-state index in [1.54, 1.807) is 13.0 Å². The number of rotatable bonds is 5. The molecule has 0 bridgehead atoms. The van der Waals surface area contributed by atoms with Crippen molar-refractivity contribution in [3.05, 3.63) is 30.0 Å². The molecule has 20 heavy (non-hydrogen) atoms. The van der Waals surface area contributed by atoms with Crippen LogP contribution in [0, 0.1) is 0 Å². The summed E-state index contributed by atoms with van der Waals surface area (Å²) in [6.07, 6.45) is 4.01. The molecule has 1 aromatic carbocycles. The summed E-state index contributed by atoms with van der Waals surface area (Å²) < 4.78 is 7.17. The summed E-state index contributed by atoms with van der Waals surface area (Å²) >= 11 is 0. The first-order valence-corrected chi connectivity index (χ1v) is 6.85. The molecule has 2 aromatic rings. The van der Waals surface area contributed by atoms with Crippen LogP contribution >= 0.6 is 0 Å². The van der Waals surface area contributed by atoms with Crippen LogP contribution in [0.1, 0.15) is 44.0 Å². The lowest BCUT2D eigenvalue weighted by Crippen LogP contribution is -2.01. The van der Waals surface area contributed by atoms with E-state index in [0.717, 1.165) is 30.3 Å². The Morgan fingerprint density at radius 1 is 1.25 bits per heavy atom. The summed E-state index contributed by atoms with van der Waals surface area (Å²) in [6.45, 7) is 5.92. The zero-order valence-corrected chi connectivity index (χ0v) is 12.1. The van der Waals surface area contributed by atoms with Crippen molar-refractivity contribution in [2.45, 2.75) is 40.2 Å². The number of esters is 1. The Balaban J connectivity index is 2.52. The lowest BCUT2D eigenvalue weighted by molar-refractivity contribution is -0.131. The van der Waals surface area contributed by atoms with E-state index in [1.807, 2.05) is 18.3 Å². The van der Waals surface area contributed by atoms with Gasteiger partial charge in [-0.1, -0.05) is 13.3 Å². The van der Waals surface area contributed by atoms with E-state index in [9.17, 15) is 9.59 Å². The van der Waals surface area contributed by atoms with E-state index in [-0.39, 0.29) is 11.8 Å². The highest BCUT2D eigenvalue weighted by Crippen LogP contribution is 2.27. The quantitative estimate of drug-likeness (QED) is 0.475. The van der Waals surface area contributed by atoms with Gasteiger partial charge in [0, 0.05) is 36.7 Å². The van der Waals surface area contributed by atoms with Gasteiger partial charge in [0.2, 0.25) is 0 Å². The Kier molecular flexibility index (Phi) is 4.23. The molecule has 1 aromatic heterocycles. The van der Waals surface area contributed by atoms with Crippen molar-refractivity contribution in [3.8, 4) is 5.75 Å². The molecule has 0 aliphatic rings. The molecule has 0 fully saturated rings. The Labute approximate surface area is 118 Å². The number of nitrogens with zero attached hydrogens (tertiary/aromatic N) is 1. The number of hydrogen-bond acceptors (Lipinski definition) is 3. The molecule has 0 saturated heterocycles. The Bertz CT molecular complexity index is 655. The number of carbonyl (C=O) groups is 2. The van der Waals surface area contributed by atoms with Crippen molar-refractivity contribution in [2.24, 2.45) is 0 Å². The lowest BCUT2D eigenvalue weighted by atomic mass is 10.1. The van der Waals surface area contributed by atoms with Crippen molar-refractivity contribution in [1.29, 1.82) is 0 Å². The first-order chi connectivity index (χ1) is 9.52. The van der Waals surface area contributed by atoms with Crippen LogP contribution in [0.25, 0.3) is 10.9 Å². The molecule has 0 aliphatic carbocycles. The Hall–Kier alpha value is -2.10. The number of unbranched alkanes of at least 4 members (excludes halogenated alkanes) is 1. The fraction of sp³-hybridized carbons (Fsp3) is 0.375. The van der Waals surface area contributed by atoms with E-state index in [0.29, 0.717) is 11.3 Å². The van der Waals surface area contributed by atoms with E-state index >= 15 is 0 Å². The van der Waals surface area contributed by atoms with Crippen molar-refractivity contribution in [3.63, 3.8) is 0 Å². The van der Waals surface area contributed by atoms with Gasteiger partial charge in [-0.3, -0.25) is 9.59 Å². The fourth-order valence-electron chi connectivity index (χ4n) is 2.30. The largest absolute Gasteiger partial charge is 0.427 e. The van der Waals surface area contributed by atoms with Gasteiger partial charge in [0.15, 0.2) is 5.78 Å². The molecule has 0 spiro atoms. The minimum absolute atomic E-state index is 0.0467. The van der Waals surface area contributed by atoms with Gasteiger partial charge in [-0.2, -0.15) is 0 Å². The smallest absolute Gasteiger partial charge is 0.308 e. The molecule has 0 saturated carbocycles. The van der Waals surface area contributed by atoms with Crippen molar-refractivity contribution >= 4 is 22.7 Å². The number of fused-ring (bicyclic) bond motifs is 1. The molecule has 0 radical (unpaired) electrons. The van der Waals surface area contributed by atoms with Gasteiger partial charge in [-0.05, 0) is 25.5 Å². The Morgan fingerprint density at radius 3 is 2.60 bits per heavy atom. The summed E-state index contributed by atoms with van der Waals surface area (Å²) in [4.78, 5) is 22.7. The summed E-state index contributed by atoms with van der Waals surface area (Å²) in [7, 11) is 0. The highest BCUT2D eigenvalue weighted by Gasteiger charge is 2.13. The second kappa shape index (κ2) is 5.90. The van der Waals surface area contributed by atoms with Gasteiger partial charge in [-0.15, -0.1) is 0 Å². The molecule has 1 heterocycles. The van der Waals surface area contributed by atoms with Crippen LogP contribution in [0.5, 0.6) is 5.75 Å². The maximum atomic E-state index is 11.7. The lowest BCUT2D eigenvalue weighted by Gasteiger charge is -2.06. The van der Waals surface area contributed by atoms with Crippen molar-refractivity contribution in [1.82, 2.24) is 4.57 Å². The molecule has 0 atom stereocenters. The van der Waals surface area contributed by atoms with E-state index in [4.69, 9.17) is 4.74 Å². The number of Topliss-reactive ketones (excluding diaryl/α,β-unsaturated/α-hetero) is 1. The van der Waals surface area contributed by atoms with Gasteiger partial charge < -0.3 is 9.30 Å². The highest BCUT2D eigenvalue weighted by atomic mass is 16.5. The minimum atomic E-state index is -0.345. The maximum absolute atomic E-state index is 11.7. The Morgan fingerprint density at radius 2 is 2.00 bits per heavy atom. The second-order valence-electron chi connectivity index (χ2n) is 4.92. The number of ketones is 1. The average Bonchev–Trinajstić information content (AvgIpc) is 2.74. The van der Waals surface area contributed by atoms with Gasteiger partial charge in [0.05, 0.1) is 5.52 Å². The predicted octanol–water partition coefficient (Wildman–Crippen LogP) is 3.57. The van der Waals surface area contributed by atoms with Crippen LogP contribution in [0.2, 0.25) is 0 Å². The van der Waals surface area contributed by atoms with Gasteiger partial charge in [-0.25, -0.2) is 0 Å². The minimum Gasteiger partial charge on any atom is -0.427 e. The van der Waals surface area contributed by atoms with Crippen LogP contribution in [0.15, 0.2) is 24.4 Å². The third-order valence-corrected chi connectivity index (χ3v) is 3.25. The number of hydrogen-bond donors (Lipinski definition) is 0. The van der Waals surface area contributed by atoms with Gasteiger partial charge in [0.25, 0.3) is 0 Å². The average molecular weight is 273 g/mol.